The third-order valence-electron chi connectivity index (χ3n) is 4.26. The maximum absolute atomic E-state index is 13.1. The Balaban J connectivity index is 2.84. The summed E-state index contributed by atoms with van der Waals surface area (Å²) in [7, 11) is 0. The fraction of sp³-hybridized carbons (Fsp3) is 0.682. The van der Waals surface area contributed by atoms with Crippen molar-refractivity contribution in [2.45, 2.75) is 90.0 Å². The zero-order chi connectivity index (χ0) is 22.1. The van der Waals surface area contributed by atoms with E-state index in [1.165, 1.54) is 12.8 Å². The predicted octanol–water partition coefficient (Wildman–Crippen LogP) is 5.57. The molecule has 0 saturated heterocycles. The number of nitrogens with two attached hydrogens (primary N) is 1. The Morgan fingerprint density at radius 1 is 1.07 bits per heavy atom. The van der Waals surface area contributed by atoms with Crippen LogP contribution in [0.15, 0.2) is 24.3 Å². The third-order valence-corrected chi connectivity index (χ3v) is 4.26. The molecule has 7 heteroatoms. The van der Waals surface area contributed by atoms with Crippen LogP contribution in [0.2, 0.25) is 0 Å². The zero-order valence-electron chi connectivity index (χ0n) is 17.9. The first-order valence-corrected chi connectivity index (χ1v) is 10.2. The van der Waals surface area contributed by atoms with Crippen LogP contribution in [-0.2, 0) is 16.0 Å². The van der Waals surface area contributed by atoms with Gasteiger partial charge in [-0.1, -0.05) is 44.7 Å². The highest BCUT2D eigenvalue weighted by Crippen LogP contribution is 2.31. The molecule has 1 atom stereocenters. The average molecular weight is 418 g/mol. The molecule has 0 aliphatic rings. The van der Waals surface area contributed by atoms with Gasteiger partial charge in [-0.25, -0.2) is 0 Å². The largest absolute Gasteiger partial charge is 0.494 e. The van der Waals surface area contributed by atoms with Crippen LogP contribution in [0.4, 0.5) is 13.2 Å². The van der Waals surface area contributed by atoms with E-state index in [0.717, 1.165) is 19.3 Å². The van der Waals surface area contributed by atoms with Crippen LogP contribution in [0.5, 0.6) is 5.75 Å². The Bertz CT molecular complexity index is 641. The molecule has 0 bridgehead atoms. The number of carbonyl (C=O) groups excluding carboxylic acids is 1. The zero-order valence-corrected chi connectivity index (χ0v) is 17.9. The van der Waals surface area contributed by atoms with Gasteiger partial charge in [-0.2, -0.15) is 13.2 Å². The molecule has 2 N–H and O–H groups in total. The summed E-state index contributed by atoms with van der Waals surface area (Å²) in [5.74, 6) is -0.513. The number of rotatable bonds is 11. The Morgan fingerprint density at radius 3 is 2.31 bits per heavy atom. The minimum atomic E-state index is -4.60. The lowest BCUT2D eigenvalue weighted by atomic mass is 9.88. The van der Waals surface area contributed by atoms with E-state index in [9.17, 15) is 18.0 Å². The highest BCUT2D eigenvalue weighted by Gasteiger charge is 2.47. The van der Waals surface area contributed by atoms with Crippen LogP contribution < -0.4 is 10.5 Å². The normalized spacial score (nSPS) is 14.3. The Morgan fingerprint density at radius 2 is 1.72 bits per heavy atom. The highest BCUT2D eigenvalue weighted by atomic mass is 19.4. The number of carbonyl (C=O) groups is 1. The lowest BCUT2D eigenvalue weighted by molar-refractivity contribution is -0.179. The topological polar surface area (TPSA) is 61.5 Å². The summed E-state index contributed by atoms with van der Waals surface area (Å²) < 4.78 is 50.2. The molecule has 0 saturated carbocycles. The summed E-state index contributed by atoms with van der Waals surface area (Å²) in [4.78, 5) is 12.5. The Kier molecular flexibility index (Phi) is 9.46. The van der Waals surface area contributed by atoms with E-state index < -0.39 is 29.7 Å². The van der Waals surface area contributed by atoms with Crippen molar-refractivity contribution in [3.63, 3.8) is 0 Å². The molecule has 166 valence electrons. The fourth-order valence-electron chi connectivity index (χ4n) is 2.95. The lowest BCUT2D eigenvalue weighted by Crippen LogP contribution is -2.55. The predicted molar refractivity (Wildman–Crippen MR) is 108 cm³/mol. The molecule has 0 aliphatic carbocycles. The first-order chi connectivity index (χ1) is 13.3. The molecule has 1 aromatic rings. The first kappa shape index (κ1) is 25.3. The summed E-state index contributed by atoms with van der Waals surface area (Å²) >= 11 is 0. The second-order valence-electron chi connectivity index (χ2n) is 8.54. The van der Waals surface area contributed by atoms with E-state index in [1.54, 1.807) is 45.0 Å². The molecule has 4 nitrogen and oxygen atoms in total. The van der Waals surface area contributed by atoms with E-state index >= 15 is 0 Å². The number of ether oxygens (including phenoxy) is 2. The number of hydrogen-bond acceptors (Lipinski definition) is 4. The van der Waals surface area contributed by atoms with Crippen molar-refractivity contribution in [3.05, 3.63) is 29.8 Å². The minimum absolute atomic E-state index is 0.297. The van der Waals surface area contributed by atoms with Gasteiger partial charge < -0.3 is 15.2 Å². The second kappa shape index (κ2) is 10.9. The van der Waals surface area contributed by atoms with Gasteiger partial charge in [-0.15, -0.1) is 0 Å². The van der Waals surface area contributed by atoms with Crippen LogP contribution in [0.1, 0.15) is 71.8 Å². The van der Waals surface area contributed by atoms with E-state index in [0.29, 0.717) is 17.9 Å². The standard InChI is InChI=1S/C22H34F3NO3/c1-5-6-7-8-9-13-28-18-12-10-11-17(14-18)15-21(26,16-22(23,24)25)19(27)29-20(2,3)4/h10-12,14H,5-9,13,15-16,26H2,1-4H3/t21-/m0/s1. The van der Waals surface area contributed by atoms with Gasteiger partial charge in [0.1, 0.15) is 16.9 Å². The van der Waals surface area contributed by atoms with Gasteiger partial charge in [-0.05, 0) is 44.9 Å². The monoisotopic (exact) mass is 417 g/mol. The lowest BCUT2D eigenvalue weighted by Gasteiger charge is -2.32. The molecule has 0 radical (unpaired) electrons. The molecule has 0 aromatic heterocycles. The van der Waals surface area contributed by atoms with Crippen LogP contribution in [0.25, 0.3) is 0 Å². The Labute approximate surface area is 171 Å². The molecule has 1 aromatic carbocycles. The highest BCUT2D eigenvalue weighted by molar-refractivity contribution is 5.81. The van der Waals surface area contributed by atoms with Gasteiger partial charge in [0, 0.05) is 6.42 Å². The number of esters is 1. The van der Waals surface area contributed by atoms with E-state index in [2.05, 4.69) is 6.92 Å². The van der Waals surface area contributed by atoms with Crippen LogP contribution >= 0.6 is 0 Å². The first-order valence-electron chi connectivity index (χ1n) is 10.2. The molecule has 0 unspecified atom stereocenters. The van der Waals surface area contributed by atoms with Gasteiger partial charge in [0.15, 0.2) is 0 Å². The van der Waals surface area contributed by atoms with Gasteiger partial charge >= 0.3 is 12.1 Å². The minimum Gasteiger partial charge on any atom is -0.494 e. The summed E-state index contributed by atoms with van der Waals surface area (Å²) in [6.07, 6.45) is -0.855. The van der Waals surface area contributed by atoms with Crippen molar-refractivity contribution in [1.82, 2.24) is 0 Å². The molecule has 0 heterocycles. The number of alkyl halides is 3. The molecule has 0 fully saturated rings. The van der Waals surface area contributed by atoms with Crippen molar-refractivity contribution in [1.29, 1.82) is 0 Å². The van der Waals surface area contributed by atoms with Crippen molar-refractivity contribution >= 4 is 5.97 Å². The van der Waals surface area contributed by atoms with E-state index in [-0.39, 0.29) is 6.42 Å². The molecular formula is C22H34F3NO3. The molecule has 0 spiro atoms. The smallest absolute Gasteiger partial charge is 0.391 e. The number of unbranched alkanes of at least 4 members (excludes halogenated alkanes) is 4. The van der Waals surface area contributed by atoms with Crippen LogP contribution in [0, 0.1) is 0 Å². The average Bonchev–Trinajstić information content (AvgIpc) is 2.55. The summed E-state index contributed by atoms with van der Waals surface area (Å²) in [5, 5.41) is 0. The second-order valence-corrected chi connectivity index (χ2v) is 8.54. The van der Waals surface area contributed by atoms with Crippen LogP contribution in [-0.4, -0.2) is 29.9 Å². The number of halogens is 3. The van der Waals surface area contributed by atoms with Gasteiger partial charge in [-0.3, -0.25) is 4.79 Å². The van der Waals surface area contributed by atoms with Gasteiger partial charge in [0.25, 0.3) is 0 Å². The van der Waals surface area contributed by atoms with Gasteiger partial charge in [0.2, 0.25) is 0 Å². The Hall–Kier alpha value is -1.76. The fourth-order valence-corrected chi connectivity index (χ4v) is 2.95. The van der Waals surface area contributed by atoms with Crippen LogP contribution in [0.3, 0.4) is 0 Å². The van der Waals surface area contributed by atoms with E-state index in [1.807, 2.05) is 0 Å². The SMILES string of the molecule is CCCCCCCOc1cccc(C[C@](N)(CC(F)(F)F)C(=O)OC(C)(C)C)c1. The van der Waals surface area contributed by atoms with Crippen molar-refractivity contribution in [3.8, 4) is 5.75 Å². The molecule has 1 rings (SSSR count). The number of hydrogen-bond donors (Lipinski definition) is 1. The third kappa shape index (κ3) is 10.5. The molecule has 0 aliphatic heterocycles. The summed E-state index contributed by atoms with van der Waals surface area (Å²) in [6.45, 7) is 7.46. The van der Waals surface area contributed by atoms with Crippen molar-refractivity contribution in [2.24, 2.45) is 5.73 Å². The summed E-state index contributed by atoms with van der Waals surface area (Å²) in [5.41, 5.74) is 3.30. The maximum Gasteiger partial charge on any atom is 0.391 e. The molecular weight excluding hydrogens is 383 g/mol. The van der Waals surface area contributed by atoms with Crippen molar-refractivity contribution < 1.29 is 27.4 Å². The molecule has 29 heavy (non-hydrogen) atoms. The van der Waals surface area contributed by atoms with Gasteiger partial charge in [0.05, 0.1) is 13.0 Å². The van der Waals surface area contributed by atoms with Crippen molar-refractivity contribution in [2.75, 3.05) is 6.61 Å². The molecule has 0 amide bonds. The number of benzene rings is 1. The quantitative estimate of drug-likeness (QED) is 0.378. The van der Waals surface area contributed by atoms with E-state index in [4.69, 9.17) is 15.2 Å². The summed E-state index contributed by atoms with van der Waals surface area (Å²) in [6, 6.07) is 6.70. The maximum atomic E-state index is 13.1.